The highest BCUT2D eigenvalue weighted by Gasteiger charge is 2.30. The van der Waals surface area contributed by atoms with Crippen LogP contribution in [0.1, 0.15) is 31.4 Å². The summed E-state index contributed by atoms with van der Waals surface area (Å²) < 4.78 is 5.39. The van der Waals surface area contributed by atoms with Crippen LogP contribution in [0.4, 0.5) is 0 Å². The van der Waals surface area contributed by atoms with Crippen molar-refractivity contribution in [3.8, 4) is 0 Å². The van der Waals surface area contributed by atoms with E-state index < -0.39 is 6.10 Å². The molecule has 0 aliphatic carbocycles. The minimum absolute atomic E-state index is 0.0646. The standard InChI is InChI=1S/C15H21NO3/c1-11-8-10-19-14(11)15(18)16-9-7-13(17)12-5-3-2-4-6-12/h2-6,11,13-14,17H,7-10H2,1H3,(H,16,18). The quantitative estimate of drug-likeness (QED) is 0.849. The van der Waals surface area contributed by atoms with Gasteiger partial charge in [-0.2, -0.15) is 0 Å². The van der Waals surface area contributed by atoms with E-state index in [-0.39, 0.29) is 17.9 Å². The lowest BCUT2D eigenvalue weighted by Gasteiger charge is -2.16. The number of ether oxygens (including phenoxy) is 1. The van der Waals surface area contributed by atoms with Gasteiger partial charge in [-0.05, 0) is 24.3 Å². The molecule has 1 saturated heterocycles. The van der Waals surface area contributed by atoms with Gasteiger partial charge in [0.2, 0.25) is 5.91 Å². The van der Waals surface area contributed by atoms with Crippen LogP contribution in [0.3, 0.4) is 0 Å². The minimum Gasteiger partial charge on any atom is -0.388 e. The van der Waals surface area contributed by atoms with Crippen molar-refractivity contribution < 1.29 is 14.6 Å². The van der Waals surface area contributed by atoms with Gasteiger partial charge in [-0.15, -0.1) is 0 Å². The molecule has 2 N–H and O–H groups in total. The molecule has 0 aromatic heterocycles. The SMILES string of the molecule is CC1CCOC1C(=O)NCCC(O)c1ccccc1. The van der Waals surface area contributed by atoms with E-state index in [1.165, 1.54) is 0 Å². The Labute approximate surface area is 113 Å². The summed E-state index contributed by atoms with van der Waals surface area (Å²) in [5.41, 5.74) is 0.877. The molecule has 1 aliphatic heterocycles. The molecule has 0 spiro atoms. The molecule has 0 bridgehead atoms. The first-order valence-electron chi connectivity index (χ1n) is 6.81. The molecule has 104 valence electrons. The van der Waals surface area contributed by atoms with E-state index in [1.54, 1.807) is 0 Å². The summed E-state index contributed by atoms with van der Waals surface area (Å²) in [6.45, 7) is 3.14. The maximum Gasteiger partial charge on any atom is 0.249 e. The van der Waals surface area contributed by atoms with Crippen molar-refractivity contribution in [2.75, 3.05) is 13.2 Å². The van der Waals surface area contributed by atoms with Crippen LogP contribution in [0.2, 0.25) is 0 Å². The molecule has 1 aromatic carbocycles. The highest BCUT2D eigenvalue weighted by molar-refractivity contribution is 5.81. The fraction of sp³-hybridized carbons (Fsp3) is 0.533. The maximum atomic E-state index is 11.9. The summed E-state index contributed by atoms with van der Waals surface area (Å²) in [6, 6.07) is 9.47. The molecular formula is C15H21NO3. The predicted octanol–water partition coefficient (Wildman–Crippen LogP) is 1.65. The van der Waals surface area contributed by atoms with Crippen LogP contribution in [-0.2, 0) is 9.53 Å². The van der Waals surface area contributed by atoms with E-state index in [2.05, 4.69) is 5.32 Å². The monoisotopic (exact) mass is 263 g/mol. The molecule has 1 fully saturated rings. The molecule has 4 heteroatoms. The Balaban J connectivity index is 1.73. The van der Waals surface area contributed by atoms with Crippen molar-refractivity contribution in [1.29, 1.82) is 0 Å². The average molecular weight is 263 g/mol. The first-order chi connectivity index (χ1) is 9.18. The number of rotatable bonds is 5. The van der Waals surface area contributed by atoms with Crippen LogP contribution < -0.4 is 5.32 Å². The lowest BCUT2D eigenvalue weighted by atomic mass is 10.0. The Morgan fingerprint density at radius 3 is 2.84 bits per heavy atom. The average Bonchev–Trinajstić information content (AvgIpc) is 2.86. The molecule has 3 unspecified atom stereocenters. The molecule has 0 radical (unpaired) electrons. The van der Waals surface area contributed by atoms with Crippen molar-refractivity contribution in [3.63, 3.8) is 0 Å². The van der Waals surface area contributed by atoms with E-state index >= 15 is 0 Å². The Bertz CT molecular complexity index is 407. The van der Waals surface area contributed by atoms with E-state index in [9.17, 15) is 9.90 Å². The maximum absolute atomic E-state index is 11.9. The topological polar surface area (TPSA) is 58.6 Å². The number of hydrogen-bond acceptors (Lipinski definition) is 3. The number of aliphatic hydroxyl groups is 1. The van der Waals surface area contributed by atoms with Crippen LogP contribution in [0.5, 0.6) is 0 Å². The summed E-state index contributed by atoms with van der Waals surface area (Å²) in [5, 5.41) is 12.8. The molecule has 4 nitrogen and oxygen atoms in total. The highest BCUT2D eigenvalue weighted by Crippen LogP contribution is 2.20. The number of aliphatic hydroxyl groups excluding tert-OH is 1. The summed E-state index contributed by atoms with van der Waals surface area (Å²) in [7, 11) is 0. The molecule has 1 heterocycles. The fourth-order valence-corrected chi connectivity index (χ4v) is 2.31. The summed E-state index contributed by atoms with van der Waals surface area (Å²) >= 11 is 0. The third kappa shape index (κ3) is 3.78. The minimum atomic E-state index is -0.539. The zero-order chi connectivity index (χ0) is 13.7. The largest absolute Gasteiger partial charge is 0.388 e. The third-order valence-electron chi connectivity index (χ3n) is 3.55. The number of benzene rings is 1. The lowest BCUT2D eigenvalue weighted by Crippen LogP contribution is -2.38. The van der Waals surface area contributed by atoms with E-state index in [0.29, 0.717) is 19.6 Å². The van der Waals surface area contributed by atoms with Gasteiger partial charge in [0.05, 0.1) is 6.10 Å². The van der Waals surface area contributed by atoms with Crippen molar-refractivity contribution in [2.45, 2.75) is 32.0 Å². The van der Waals surface area contributed by atoms with Crippen LogP contribution in [0.25, 0.3) is 0 Å². The van der Waals surface area contributed by atoms with Crippen molar-refractivity contribution in [1.82, 2.24) is 5.32 Å². The van der Waals surface area contributed by atoms with E-state index in [0.717, 1.165) is 12.0 Å². The van der Waals surface area contributed by atoms with Crippen LogP contribution in [-0.4, -0.2) is 30.3 Å². The Hall–Kier alpha value is -1.39. The highest BCUT2D eigenvalue weighted by atomic mass is 16.5. The van der Waals surface area contributed by atoms with Crippen molar-refractivity contribution >= 4 is 5.91 Å². The summed E-state index contributed by atoms with van der Waals surface area (Å²) in [5.74, 6) is 0.212. The van der Waals surface area contributed by atoms with Gasteiger partial charge in [-0.1, -0.05) is 37.3 Å². The van der Waals surface area contributed by atoms with Gasteiger partial charge in [0.15, 0.2) is 0 Å². The first-order valence-corrected chi connectivity index (χ1v) is 6.81. The second kappa shape index (κ2) is 6.68. The molecule has 1 aromatic rings. The van der Waals surface area contributed by atoms with Crippen molar-refractivity contribution in [2.24, 2.45) is 5.92 Å². The molecule has 2 rings (SSSR count). The lowest BCUT2D eigenvalue weighted by molar-refractivity contribution is -0.131. The Morgan fingerprint density at radius 2 is 2.21 bits per heavy atom. The number of nitrogens with one attached hydrogen (secondary N) is 1. The van der Waals surface area contributed by atoms with Gasteiger partial charge in [-0.25, -0.2) is 0 Å². The van der Waals surface area contributed by atoms with E-state index in [1.807, 2.05) is 37.3 Å². The molecule has 19 heavy (non-hydrogen) atoms. The Kier molecular flexibility index (Phi) is 4.93. The zero-order valence-electron chi connectivity index (χ0n) is 11.2. The molecule has 3 atom stereocenters. The van der Waals surface area contributed by atoms with Gasteiger partial charge in [0.25, 0.3) is 0 Å². The smallest absolute Gasteiger partial charge is 0.249 e. The zero-order valence-corrected chi connectivity index (χ0v) is 11.2. The second-order valence-electron chi connectivity index (χ2n) is 5.06. The summed E-state index contributed by atoms with van der Waals surface area (Å²) in [6.07, 6.45) is 0.582. The van der Waals surface area contributed by atoms with Gasteiger partial charge in [0, 0.05) is 13.2 Å². The number of carbonyl (C=O) groups is 1. The normalized spacial score (nSPS) is 24.1. The van der Waals surface area contributed by atoms with Crippen LogP contribution >= 0.6 is 0 Å². The number of amides is 1. The number of carbonyl (C=O) groups excluding carboxylic acids is 1. The van der Waals surface area contributed by atoms with Gasteiger partial charge >= 0.3 is 0 Å². The van der Waals surface area contributed by atoms with Gasteiger partial charge in [-0.3, -0.25) is 4.79 Å². The van der Waals surface area contributed by atoms with Crippen LogP contribution in [0.15, 0.2) is 30.3 Å². The first kappa shape index (κ1) is 14.0. The second-order valence-corrected chi connectivity index (χ2v) is 5.06. The van der Waals surface area contributed by atoms with Gasteiger partial charge < -0.3 is 15.2 Å². The molecule has 1 amide bonds. The van der Waals surface area contributed by atoms with Crippen molar-refractivity contribution in [3.05, 3.63) is 35.9 Å². The van der Waals surface area contributed by atoms with E-state index in [4.69, 9.17) is 4.74 Å². The fourth-order valence-electron chi connectivity index (χ4n) is 2.31. The predicted molar refractivity (Wildman–Crippen MR) is 72.5 cm³/mol. The third-order valence-corrected chi connectivity index (χ3v) is 3.55. The summed E-state index contributed by atoms with van der Waals surface area (Å²) in [4.78, 5) is 11.9. The van der Waals surface area contributed by atoms with Crippen LogP contribution in [0, 0.1) is 5.92 Å². The molecular weight excluding hydrogens is 242 g/mol. The molecule has 1 aliphatic rings. The number of hydrogen-bond donors (Lipinski definition) is 2. The Morgan fingerprint density at radius 1 is 1.47 bits per heavy atom. The molecule has 0 saturated carbocycles. The van der Waals surface area contributed by atoms with Gasteiger partial charge in [0.1, 0.15) is 6.10 Å².